The van der Waals surface area contributed by atoms with Gasteiger partial charge in [-0.3, -0.25) is 14.3 Å². The number of rotatable bonds is 9. The topological polar surface area (TPSA) is 84.7 Å². The van der Waals surface area contributed by atoms with Gasteiger partial charge in [-0.2, -0.15) is 5.10 Å². The number of aryl methyl sites for hydroxylation is 1. The summed E-state index contributed by atoms with van der Waals surface area (Å²) in [6.45, 7) is 9.23. The van der Waals surface area contributed by atoms with Gasteiger partial charge in [0.1, 0.15) is 5.75 Å². The van der Waals surface area contributed by atoms with E-state index in [0.29, 0.717) is 18.4 Å². The molecule has 2 aliphatic rings. The molecule has 5 rings (SSSR count). The second-order valence-electron chi connectivity index (χ2n) is 14.1. The van der Waals surface area contributed by atoms with Crippen molar-refractivity contribution in [1.29, 1.82) is 0 Å². The van der Waals surface area contributed by atoms with Crippen LogP contribution in [-0.2, 0) is 15.1 Å². The minimum absolute atomic E-state index is 0.0639. The van der Waals surface area contributed by atoms with Crippen LogP contribution in [0.4, 0.5) is 5.69 Å². The molecule has 7 heteroatoms. The van der Waals surface area contributed by atoms with E-state index in [-0.39, 0.29) is 29.7 Å². The summed E-state index contributed by atoms with van der Waals surface area (Å²) in [7, 11) is 1.72. The number of ether oxygens (including phenoxy) is 1. The van der Waals surface area contributed by atoms with Gasteiger partial charge in [0.15, 0.2) is 0 Å². The number of hydrogen-bond acceptors (Lipinski definition) is 4. The van der Waals surface area contributed by atoms with Gasteiger partial charge in [0.2, 0.25) is 5.91 Å². The third-order valence-electron chi connectivity index (χ3n) is 9.86. The van der Waals surface area contributed by atoms with Crippen molar-refractivity contribution in [2.45, 2.75) is 96.9 Å². The minimum Gasteiger partial charge on any atom is -0.496 e. The van der Waals surface area contributed by atoms with Crippen molar-refractivity contribution in [3.05, 3.63) is 66.0 Å². The van der Waals surface area contributed by atoms with Crippen molar-refractivity contribution in [3.63, 3.8) is 0 Å². The highest BCUT2D eigenvalue weighted by Gasteiger charge is 2.33. The zero-order valence-electron chi connectivity index (χ0n) is 27.1. The van der Waals surface area contributed by atoms with Crippen molar-refractivity contribution >= 4 is 17.6 Å². The summed E-state index contributed by atoms with van der Waals surface area (Å²) in [5.41, 5.74) is 5.49. The molecule has 236 valence electrons. The number of hydrogen-bond donors (Lipinski definition) is 1. The summed E-state index contributed by atoms with van der Waals surface area (Å²) in [5.74, 6) is 1.46. The Kier molecular flexibility index (Phi) is 9.81. The van der Waals surface area contributed by atoms with E-state index in [9.17, 15) is 14.7 Å². The molecule has 44 heavy (non-hydrogen) atoms. The molecule has 1 aromatic heterocycles. The number of methoxy groups -OCH3 is 1. The van der Waals surface area contributed by atoms with Crippen LogP contribution >= 0.6 is 0 Å². The number of carbonyl (C=O) groups is 2. The first-order valence-electron chi connectivity index (χ1n) is 16.3. The highest BCUT2D eigenvalue weighted by atomic mass is 16.5. The smallest absolute Gasteiger partial charge is 0.303 e. The minimum atomic E-state index is -0.742. The van der Waals surface area contributed by atoms with Gasteiger partial charge in [-0.1, -0.05) is 24.3 Å². The van der Waals surface area contributed by atoms with E-state index in [1.54, 1.807) is 7.11 Å². The fourth-order valence-corrected chi connectivity index (χ4v) is 7.19. The van der Waals surface area contributed by atoms with Crippen molar-refractivity contribution in [2.24, 2.45) is 17.8 Å². The van der Waals surface area contributed by atoms with E-state index in [0.717, 1.165) is 73.9 Å². The number of carboxylic acids is 1. The number of benzene rings is 2. The van der Waals surface area contributed by atoms with Crippen molar-refractivity contribution in [3.8, 4) is 16.9 Å². The first kappa shape index (κ1) is 31.8. The Morgan fingerprint density at radius 2 is 1.66 bits per heavy atom. The number of amides is 1. The molecule has 2 aliphatic carbocycles. The zero-order valence-corrected chi connectivity index (χ0v) is 27.1. The average molecular weight is 600 g/mol. The summed E-state index contributed by atoms with van der Waals surface area (Å²) >= 11 is 0. The van der Waals surface area contributed by atoms with Gasteiger partial charge in [0.05, 0.1) is 18.8 Å². The fraction of sp³-hybridized carbons (Fsp3) is 0.541. The summed E-state index contributed by atoms with van der Waals surface area (Å²) < 4.78 is 7.45. The van der Waals surface area contributed by atoms with Crippen LogP contribution < -0.4 is 9.64 Å². The molecule has 1 amide bonds. The Bertz CT molecular complexity index is 1440. The zero-order chi connectivity index (χ0) is 31.4. The van der Waals surface area contributed by atoms with Gasteiger partial charge >= 0.3 is 5.97 Å². The van der Waals surface area contributed by atoms with Crippen LogP contribution in [0.25, 0.3) is 11.1 Å². The van der Waals surface area contributed by atoms with E-state index in [4.69, 9.17) is 4.74 Å². The van der Waals surface area contributed by atoms with Gasteiger partial charge in [-0.05, 0) is 132 Å². The van der Waals surface area contributed by atoms with Gasteiger partial charge in [0.25, 0.3) is 0 Å². The maximum atomic E-state index is 14.2. The lowest BCUT2D eigenvalue weighted by molar-refractivity contribution is -0.138. The number of aliphatic carboxylic acids is 1. The summed E-state index contributed by atoms with van der Waals surface area (Å²) in [5, 5.41) is 13.9. The third-order valence-corrected chi connectivity index (χ3v) is 9.86. The molecule has 2 aromatic carbocycles. The molecule has 0 radical (unpaired) electrons. The predicted octanol–water partition coefficient (Wildman–Crippen LogP) is 8.21. The van der Waals surface area contributed by atoms with Crippen molar-refractivity contribution < 1.29 is 19.4 Å². The van der Waals surface area contributed by atoms with Crippen LogP contribution in [0.2, 0.25) is 0 Å². The Morgan fingerprint density at radius 3 is 2.27 bits per heavy atom. The predicted molar refractivity (Wildman–Crippen MR) is 175 cm³/mol. The van der Waals surface area contributed by atoms with Gasteiger partial charge in [-0.25, -0.2) is 0 Å². The van der Waals surface area contributed by atoms with Crippen molar-refractivity contribution in [1.82, 2.24) is 9.78 Å². The van der Waals surface area contributed by atoms with Crippen LogP contribution in [0.3, 0.4) is 0 Å². The second kappa shape index (κ2) is 13.6. The molecular formula is C37H49N3O4. The van der Waals surface area contributed by atoms with Crippen LogP contribution in [0, 0.1) is 24.7 Å². The maximum absolute atomic E-state index is 14.2. The van der Waals surface area contributed by atoms with Crippen LogP contribution in [0.15, 0.2) is 54.9 Å². The molecule has 1 N–H and O–H groups in total. The molecule has 1 heterocycles. The van der Waals surface area contributed by atoms with E-state index in [2.05, 4.69) is 80.3 Å². The molecule has 2 fully saturated rings. The highest BCUT2D eigenvalue weighted by Crippen LogP contribution is 2.39. The average Bonchev–Trinajstić information content (AvgIpc) is 3.52. The number of anilines is 1. The number of aromatic nitrogens is 2. The Hall–Kier alpha value is -3.61. The summed E-state index contributed by atoms with van der Waals surface area (Å²) in [4.78, 5) is 27.6. The Labute approximate surface area is 262 Å². The first-order valence-corrected chi connectivity index (χ1v) is 16.3. The molecule has 0 atom stereocenters. The number of carboxylic acid groups (broad SMARTS) is 1. The number of carbonyl (C=O) groups excluding carboxylic acids is 1. The highest BCUT2D eigenvalue weighted by molar-refractivity contribution is 5.95. The molecule has 0 spiro atoms. The second-order valence-corrected chi connectivity index (χ2v) is 14.1. The first-order chi connectivity index (χ1) is 21.0. The van der Waals surface area contributed by atoms with Gasteiger partial charge < -0.3 is 14.7 Å². The standard InChI is InChI=1S/C37H49N3O4/c1-25-19-31(17-18-34(25)44-5)28-13-11-27(12-14-28)23-39(36(43)29-15-9-26(10-16-29)20-35(41)42)33-8-6-7-30(21-33)32-22-38-40(24-32)37(2,3)4/h6-8,17-19,21-22,24,26-29H,9-16,20,23H2,1-5H3,(H,41,42)/t26-,27-,28-,29-. The van der Waals surface area contributed by atoms with E-state index in [1.807, 2.05) is 16.9 Å². The molecule has 2 saturated carbocycles. The van der Waals surface area contributed by atoms with Crippen LogP contribution in [-0.4, -0.2) is 40.4 Å². The molecule has 0 unspecified atom stereocenters. The Balaban J connectivity index is 1.34. The summed E-state index contributed by atoms with van der Waals surface area (Å²) in [6, 6.07) is 14.9. The summed E-state index contributed by atoms with van der Waals surface area (Å²) in [6.07, 6.45) is 11.7. The van der Waals surface area contributed by atoms with Crippen molar-refractivity contribution in [2.75, 3.05) is 18.6 Å². The van der Waals surface area contributed by atoms with Gasteiger partial charge in [0, 0.05) is 36.3 Å². The largest absolute Gasteiger partial charge is 0.496 e. The molecule has 7 nitrogen and oxygen atoms in total. The maximum Gasteiger partial charge on any atom is 0.303 e. The molecular weight excluding hydrogens is 550 g/mol. The Morgan fingerprint density at radius 1 is 0.955 bits per heavy atom. The normalized spacial score (nSPS) is 22.4. The van der Waals surface area contributed by atoms with E-state index in [1.165, 1.54) is 11.1 Å². The van der Waals surface area contributed by atoms with E-state index >= 15 is 0 Å². The van der Waals surface area contributed by atoms with Gasteiger partial charge in [-0.15, -0.1) is 0 Å². The molecule has 0 saturated heterocycles. The molecule has 3 aromatic rings. The monoisotopic (exact) mass is 599 g/mol. The molecule has 0 bridgehead atoms. The lowest BCUT2D eigenvalue weighted by Crippen LogP contribution is -2.41. The number of nitrogens with zero attached hydrogens (tertiary/aromatic N) is 3. The lowest BCUT2D eigenvalue weighted by atomic mass is 9.77. The van der Waals surface area contributed by atoms with Crippen LogP contribution in [0.5, 0.6) is 5.75 Å². The SMILES string of the molecule is COc1ccc([C@H]2CC[C@H](CN(c3cccc(-c4cnn(C(C)(C)C)c4)c3)C(=O)[C@H]3CC[C@H](CC(=O)O)CC3)CC2)cc1C. The van der Waals surface area contributed by atoms with Crippen LogP contribution in [0.1, 0.15) is 95.6 Å². The van der Waals surface area contributed by atoms with E-state index < -0.39 is 5.97 Å². The fourth-order valence-electron chi connectivity index (χ4n) is 7.19. The quantitative estimate of drug-likeness (QED) is 0.268. The molecule has 0 aliphatic heterocycles. The lowest BCUT2D eigenvalue weighted by Gasteiger charge is -2.36. The third kappa shape index (κ3) is 7.54.